The molecule has 0 radical (unpaired) electrons. The van der Waals surface area contributed by atoms with Crippen molar-refractivity contribution in [3.05, 3.63) is 28.9 Å². The number of benzene rings is 1. The van der Waals surface area contributed by atoms with Crippen LogP contribution in [0.3, 0.4) is 0 Å². The highest BCUT2D eigenvalue weighted by Crippen LogP contribution is 2.28. The summed E-state index contributed by atoms with van der Waals surface area (Å²) in [6.07, 6.45) is 1.87. The summed E-state index contributed by atoms with van der Waals surface area (Å²) in [5, 5.41) is 8.91. The Hall–Kier alpha value is -0.280. The van der Waals surface area contributed by atoms with Crippen LogP contribution in [-0.4, -0.2) is 22.1 Å². The number of rotatable bonds is 3. The molecular weight excluding hydrogens is 405 g/mol. The molecule has 2 rings (SSSR count). The topological polar surface area (TPSA) is 39.9 Å². The van der Waals surface area contributed by atoms with Crippen LogP contribution in [0.4, 0.5) is 0 Å². The number of hydrogen-bond acceptors (Lipinski definition) is 4. The maximum absolute atomic E-state index is 5.23. The van der Waals surface area contributed by atoms with Crippen molar-refractivity contribution in [2.24, 2.45) is 0 Å². The molecule has 2 aromatic rings. The van der Waals surface area contributed by atoms with E-state index in [1.807, 2.05) is 24.4 Å². The molecule has 7 heteroatoms. The molecule has 0 unspecified atom stereocenters. The first-order valence-electron chi connectivity index (χ1n) is 4.29. The fourth-order valence-electron chi connectivity index (χ4n) is 1.20. The molecule has 0 atom stereocenters. The van der Waals surface area contributed by atoms with Gasteiger partial charge in [-0.05, 0) is 37.0 Å². The third kappa shape index (κ3) is 2.51. The second kappa shape index (κ2) is 5.37. The molecule has 4 nitrogen and oxygen atoms in total. The van der Waals surface area contributed by atoms with Gasteiger partial charge >= 0.3 is 0 Å². The van der Waals surface area contributed by atoms with Gasteiger partial charge < -0.3 is 4.74 Å². The van der Waals surface area contributed by atoms with Crippen LogP contribution in [0.25, 0.3) is 5.69 Å². The van der Waals surface area contributed by atoms with E-state index in [4.69, 9.17) is 4.74 Å². The van der Waals surface area contributed by atoms with Crippen molar-refractivity contribution >= 4 is 46.1 Å². The monoisotopic (exact) mass is 411 g/mol. The van der Waals surface area contributed by atoms with E-state index in [2.05, 4.69) is 47.4 Å². The standard InChI is InChI=1S/C9H7BrIN3OS/c1-15-8-4-6(2-3-7(8)10)14-5-9(16-11)12-13-14/h2-5H,1H3. The Bertz CT molecular complexity index is 505. The van der Waals surface area contributed by atoms with E-state index in [1.165, 1.54) is 8.93 Å². The minimum atomic E-state index is 0.775. The maximum Gasteiger partial charge on any atom is 0.149 e. The lowest BCUT2D eigenvalue weighted by molar-refractivity contribution is 0.412. The van der Waals surface area contributed by atoms with Gasteiger partial charge in [0.05, 0.1) is 23.5 Å². The van der Waals surface area contributed by atoms with Crippen LogP contribution in [0.15, 0.2) is 33.9 Å². The molecule has 1 aromatic heterocycles. The summed E-state index contributed by atoms with van der Waals surface area (Å²) in [5.41, 5.74) is 0.921. The summed E-state index contributed by atoms with van der Waals surface area (Å²) in [5.74, 6) is 0.775. The lowest BCUT2D eigenvalue weighted by atomic mass is 10.3. The molecule has 0 fully saturated rings. The van der Waals surface area contributed by atoms with Gasteiger partial charge in [0.1, 0.15) is 10.8 Å². The maximum atomic E-state index is 5.23. The summed E-state index contributed by atoms with van der Waals surface area (Å²) in [6.45, 7) is 0. The Labute approximate surface area is 117 Å². The Morgan fingerprint density at radius 2 is 2.31 bits per heavy atom. The Balaban J connectivity index is 2.40. The molecular formula is C9H7BrIN3OS. The zero-order valence-corrected chi connectivity index (χ0v) is 12.8. The number of nitrogens with zero attached hydrogens (tertiary/aromatic N) is 3. The van der Waals surface area contributed by atoms with Crippen molar-refractivity contribution in [1.29, 1.82) is 0 Å². The van der Waals surface area contributed by atoms with E-state index in [9.17, 15) is 0 Å². The van der Waals surface area contributed by atoms with Crippen molar-refractivity contribution < 1.29 is 4.74 Å². The normalized spacial score (nSPS) is 10.4. The SMILES string of the molecule is COc1cc(-n2cc(SI)nn2)ccc1Br. The number of halogens is 2. The summed E-state index contributed by atoms with van der Waals surface area (Å²) in [4.78, 5) is 0. The average molecular weight is 412 g/mol. The largest absolute Gasteiger partial charge is 0.495 e. The predicted octanol–water partition coefficient (Wildman–Crippen LogP) is 3.48. The molecule has 1 heterocycles. The number of methoxy groups -OCH3 is 1. The van der Waals surface area contributed by atoms with Crippen LogP contribution in [0, 0.1) is 0 Å². The van der Waals surface area contributed by atoms with Crippen molar-refractivity contribution in [3.8, 4) is 11.4 Å². The van der Waals surface area contributed by atoms with E-state index in [0.29, 0.717) is 0 Å². The summed E-state index contributed by atoms with van der Waals surface area (Å²) in [6, 6.07) is 5.77. The van der Waals surface area contributed by atoms with Gasteiger partial charge in [0, 0.05) is 27.3 Å². The van der Waals surface area contributed by atoms with Gasteiger partial charge in [-0.2, -0.15) is 0 Å². The second-order valence-corrected chi connectivity index (χ2v) is 5.65. The lowest BCUT2D eigenvalue weighted by Gasteiger charge is -2.05. The van der Waals surface area contributed by atoms with Crippen molar-refractivity contribution in [2.75, 3.05) is 7.11 Å². The first-order chi connectivity index (χ1) is 7.74. The Kier molecular flexibility index (Phi) is 4.09. The Morgan fingerprint density at radius 1 is 1.50 bits per heavy atom. The van der Waals surface area contributed by atoms with Crippen LogP contribution in [0.1, 0.15) is 0 Å². The number of aromatic nitrogens is 3. The highest BCUT2D eigenvalue weighted by molar-refractivity contribution is 14.2. The molecule has 0 saturated heterocycles. The molecule has 0 aliphatic carbocycles. The lowest BCUT2D eigenvalue weighted by Crippen LogP contribution is -1.96. The Morgan fingerprint density at radius 3 is 2.94 bits per heavy atom. The second-order valence-electron chi connectivity index (χ2n) is 2.90. The van der Waals surface area contributed by atoms with Gasteiger partial charge in [0.2, 0.25) is 0 Å². The molecule has 0 aliphatic rings. The van der Waals surface area contributed by atoms with E-state index >= 15 is 0 Å². The fraction of sp³-hybridized carbons (Fsp3) is 0.111. The van der Waals surface area contributed by atoms with Gasteiger partial charge in [0.25, 0.3) is 0 Å². The van der Waals surface area contributed by atoms with Crippen LogP contribution in [0.5, 0.6) is 5.75 Å². The van der Waals surface area contributed by atoms with E-state index in [0.717, 1.165) is 20.9 Å². The molecule has 0 saturated carbocycles. The smallest absolute Gasteiger partial charge is 0.149 e. The molecule has 0 N–H and O–H groups in total. The molecule has 1 aromatic carbocycles. The van der Waals surface area contributed by atoms with Crippen molar-refractivity contribution in [2.45, 2.75) is 5.03 Å². The molecule has 0 bridgehead atoms. The van der Waals surface area contributed by atoms with E-state index < -0.39 is 0 Å². The van der Waals surface area contributed by atoms with Crippen LogP contribution >= 0.6 is 46.1 Å². The number of hydrogen-bond donors (Lipinski definition) is 0. The van der Waals surface area contributed by atoms with Crippen molar-refractivity contribution in [3.63, 3.8) is 0 Å². The molecule has 0 aliphatic heterocycles. The highest BCUT2D eigenvalue weighted by Gasteiger charge is 2.05. The van der Waals surface area contributed by atoms with Crippen LogP contribution < -0.4 is 4.74 Å². The van der Waals surface area contributed by atoms with Crippen LogP contribution in [0.2, 0.25) is 0 Å². The van der Waals surface area contributed by atoms with Gasteiger partial charge in [0.15, 0.2) is 0 Å². The van der Waals surface area contributed by atoms with E-state index in [-0.39, 0.29) is 0 Å². The zero-order chi connectivity index (χ0) is 11.5. The molecule has 16 heavy (non-hydrogen) atoms. The van der Waals surface area contributed by atoms with Gasteiger partial charge in [-0.3, -0.25) is 0 Å². The molecule has 0 spiro atoms. The molecule has 84 valence electrons. The summed E-state index contributed by atoms with van der Waals surface area (Å²) < 4.78 is 7.86. The van der Waals surface area contributed by atoms with Crippen molar-refractivity contribution in [1.82, 2.24) is 15.0 Å². The third-order valence-corrected chi connectivity index (χ3v) is 4.30. The third-order valence-electron chi connectivity index (χ3n) is 1.95. The molecule has 0 amide bonds. The van der Waals surface area contributed by atoms with Gasteiger partial charge in [-0.15, -0.1) is 5.10 Å². The fourth-order valence-corrected chi connectivity index (χ4v) is 2.42. The zero-order valence-electron chi connectivity index (χ0n) is 8.22. The van der Waals surface area contributed by atoms with Gasteiger partial charge in [-0.1, -0.05) is 5.21 Å². The van der Waals surface area contributed by atoms with E-state index in [1.54, 1.807) is 11.8 Å². The summed E-state index contributed by atoms with van der Waals surface area (Å²) >= 11 is 5.58. The minimum absolute atomic E-state index is 0.775. The quantitative estimate of drug-likeness (QED) is 0.725. The number of ether oxygens (including phenoxy) is 1. The van der Waals surface area contributed by atoms with Crippen LogP contribution in [-0.2, 0) is 0 Å². The average Bonchev–Trinajstić information content (AvgIpc) is 2.78. The first-order valence-corrected chi connectivity index (χ1v) is 8.44. The predicted molar refractivity (Wildman–Crippen MR) is 75.5 cm³/mol. The minimum Gasteiger partial charge on any atom is -0.495 e. The van der Waals surface area contributed by atoms with Gasteiger partial charge in [-0.25, -0.2) is 4.68 Å². The first kappa shape index (κ1) is 12.2. The highest BCUT2D eigenvalue weighted by atomic mass is 127. The summed E-state index contributed by atoms with van der Waals surface area (Å²) in [7, 11) is 3.17.